The Morgan fingerprint density at radius 2 is 1.79 bits per heavy atom. The zero-order valence-electron chi connectivity index (χ0n) is 10.5. The smallest absolute Gasteiger partial charge is 0.126 e. The summed E-state index contributed by atoms with van der Waals surface area (Å²) in [6.07, 6.45) is 0.371. The zero-order chi connectivity index (χ0) is 14.0. The van der Waals surface area contributed by atoms with Crippen LogP contribution in [0.15, 0.2) is 40.9 Å². The van der Waals surface area contributed by atoms with Crippen molar-refractivity contribution in [2.45, 2.75) is 19.4 Å². The van der Waals surface area contributed by atoms with E-state index < -0.39 is 0 Å². The van der Waals surface area contributed by atoms with Crippen molar-refractivity contribution in [2.75, 3.05) is 0 Å². The maximum absolute atomic E-state index is 13.7. The van der Waals surface area contributed by atoms with Crippen LogP contribution in [0.25, 0.3) is 0 Å². The second kappa shape index (κ2) is 5.80. The highest BCUT2D eigenvalue weighted by Crippen LogP contribution is 2.22. The molecule has 0 aliphatic carbocycles. The first-order chi connectivity index (χ1) is 8.97. The predicted molar refractivity (Wildman–Crippen MR) is 75.9 cm³/mol. The molecule has 0 bridgehead atoms. The van der Waals surface area contributed by atoms with E-state index in [9.17, 15) is 8.78 Å². The molecular weight excluding hydrogens is 312 g/mol. The van der Waals surface area contributed by atoms with Gasteiger partial charge in [0.2, 0.25) is 0 Å². The van der Waals surface area contributed by atoms with Gasteiger partial charge in [-0.05, 0) is 54.3 Å². The Bertz CT molecular complexity index is 599. The Balaban J connectivity index is 2.22. The minimum Gasteiger partial charge on any atom is -0.324 e. The van der Waals surface area contributed by atoms with Gasteiger partial charge < -0.3 is 5.73 Å². The summed E-state index contributed by atoms with van der Waals surface area (Å²) in [6, 6.07) is 9.14. The molecule has 0 radical (unpaired) electrons. The lowest BCUT2D eigenvalue weighted by Gasteiger charge is -2.14. The van der Waals surface area contributed by atoms with Crippen molar-refractivity contribution in [3.63, 3.8) is 0 Å². The largest absolute Gasteiger partial charge is 0.324 e. The Labute approximate surface area is 119 Å². The van der Waals surface area contributed by atoms with Gasteiger partial charge in [-0.25, -0.2) is 8.78 Å². The number of aryl methyl sites for hydroxylation is 1. The van der Waals surface area contributed by atoms with Crippen LogP contribution >= 0.6 is 15.9 Å². The fraction of sp³-hybridized carbons (Fsp3) is 0.200. The van der Waals surface area contributed by atoms with Crippen molar-refractivity contribution in [3.8, 4) is 0 Å². The van der Waals surface area contributed by atoms with Crippen LogP contribution in [-0.4, -0.2) is 0 Å². The molecule has 4 heteroatoms. The Morgan fingerprint density at radius 3 is 2.47 bits per heavy atom. The van der Waals surface area contributed by atoms with E-state index in [1.807, 2.05) is 0 Å². The first kappa shape index (κ1) is 14.2. The minimum absolute atomic E-state index is 0.260. The van der Waals surface area contributed by atoms with Crippen LogP contribution < -0.4 is 5.73 Å². The topological polar surface area (TPSA) is 26.0 Å². The van der Waals surface area contributed by atoms with Crippen molar-refractivity contribution in [1.82, 2.24) is 0 Å². The van der Waals surface area contributed by atoms with Gasteiger partial charge in [-0.15, -0.1) is 0 Å². The molecule has 0 saturated heterocycles. The molecule has 0 heterocycles. The molecule has 19 heavy (non-hydrogen) atoms. The van der Waals surface area contributed by atoms with Crippen LogP contribution in [-0.2, 0) is 6.42 Å². The summed E-state index contributed by atoms with van der Waals surface area (Å²) < 4.78 is 27.7. The number of hydrogen-bond donors (Lipinski definition) is 1. The molecule has 1 atom stereocenters. The first-order valence-electron chi connectivity index (χ1n) is 5.93. The van der Waals surface area contributed by atoms with Gasteiger partial charge in [0.05, 0.1) is 0 Å². The number of benzene rings is 2. The molecule has 2 aromatic rings. The first-order valence-corrected chi connectivity index (χ1v) is 6.72. The van der Waals surface area contributed by atoms with Crippen molar-refractivity contribution in [3.05, 3.63) is 69.2 Å². The molecule has 0 aliphatic heterocycles. The molecule has 2 N–H and O–H groups in total. The number of hydrogen-bond acceptors (Lipinski definition) is 1. The third-order valence-electron chi connectivity index (χ3n) is 3.06. The average molecular weight is 326 g/mol. The summed E-state index contributed by atoms with van der Waals surface area (Å²) in [4.78, 5) is 0. The minimum atomic E-state index is -0.358. The lowest BCUT2D eigenvalue weighted by molar-refractivity contribution is 0.590. The van der Waals surface area contributed by atoms with Crippen molar-refractivity contribution < 1.29 is 8.78 Å². The third-order valence-corrected chi connectivity index (χ3v) is 3.55. The van der Waals surface area contributed by atoms with Crippen LogP contribution in [0.1, 0.15) is 22.7 Å². The maximum atomic E-state index is 13.7. The van der Waals surface area contributed by atoms with Crippen LogP contribution in [0.2, 0.25) is 0 Å². The number of nitrogens with two attached hydrogens (primary N) is 1. The zero-order valence-corrected chi connectivity index (χ0v) is 12.0. The van der Waals surface area contributed by atoms with Gasteiger partial charge in [0, 0.05) is 10.5 Å². The summed E-state index contributed by atoms with van der Waals surface area (Å²) in [5, 5.41) is 0. The normalized spacial score (nSPS) is 12.5. The molecular formula is C15H14BrF2N. The third kappa shape index (κ3) is 3.39. The lowest BCUT2D eigenvalue weighted by Crippen LogP contribution is -2.14. The lowest BCUT2D eigenvalue weighted by atomic mass is 9.98. The van der Waals surface area contributed by atoms with Gasteiger partial charge in [0.1, 0.15) is 11.6 Å². The molecule has 2 rings (SSSR count). The van der Waals surface area contributed by atoms with Crippen LogP contribution in [0.5, 0.6) is 0 Å². The molecule has 0 spiro atoms. The summed E-state index contributed by atoms with van der Waals surface area (Å²) in [5.41, 5.74) is 7.95. The van der Waals surface area contributed by atoms with E-state index >= 15 is 0 Å². The van der Waals surface area contributed by atoms with Gasteiger partial charge in [-0.2, -0.15) is 0 Å². The fourth-order valence-electron chi connectivity index (χ4n) is 1.95. The van der Waals surface area contributed by atoms with E-state index in [0.29, 0.717) is 17.5 Å². The number of halogens is 3. The van der Waals surface area contributed by atoms with Gasteiger partial charge in [-0.3, -0.25) is 0 Å². The molecule has 1 unspecified atom stereocenters. The van der Waals surface area contributed by atoms with Gasteiger partial charge in [0.25, 0.3) is 0 Å². The summed E-state index contributed by atoms with van der Waals surface area (Å²) in [5.74, 6) is -0.540. The van der Waals surface area contributed by atoms with E-state index in [1.54, 1.807) is 31.2 Å². The molecule has 0 aliphatic rings. The molecule has 0 saturated carbocycles. The molecule has 0 fully saturated rings. The van der Waals surface area contributed by atoms with Gasteiger partial charge in [-0.1, -0.05) is 28.1 Å². The van der Waals surface area contributed by atoms with E-state index in [1.165, 1.54) is 12.1 Å². The van der Waals surface area contributed by atoms with E-state index in [-0.39, 0.29) is 17.7 Å². The van der Waals surface area contributed by atoms with E-state index in [4.69, 9.17) is 5.73 Å². The van der Waals surface area contributed by atoms with Crippen molar-refractivity contribution in [2.24, 2.45) is 5.73 Å². The SMILES string of the molecule is Cc1cc(C(N)Cc2cc(Br)ccc2F)ccc1F. The molecule has 0 aromatic heterocycles. The standard InChI is InChI=1S/C15H14BrF2N/c1-9-6-10(2-4-13(9)17)15(19)8-11-7-12(16)3-5-14(11)18/h2-7,15H,8,19H2,1H3. The highest BCUT2D eigenvalue weighted by Gasteiger charge is 2.12. The van der Waals surface area contributed by atoms with Crippen molar-refractivity contribution >= 4 is 15.9 Å². The quantitative estimate of drug-likeness (QED) is 0.895. The molecule has 0 amide bonds. The van der Waals surface area contributed by atoms with Crippen LogP contribution in [0.3, 0.4) is 0 Å². The maximum Gasteiger partial charge on any atom is 0.126 e. The fourth-order valence-corrected chi connectivity index (χ4v) is 2.36. The number of rotatable bonds is 3. The highest BCUT2D eigenvalue weighted by molar-refractivity contribution is 9.10. The summed E-state index contributed by atoms with van der Waals surface area (Å²) in [7, 11) is 0. The average Bonchev–Trinajstić information content (AvgIpc) is 2.37. The Hall–Kier alpha value is -1.26. The Kier molecular flexibility index (Phi) is 4.32. The highest BCUT2D eigenvalue weighted by atomic mass is 79.9. The molecule has 1 nitrogen and oxygen atoms in total. The molecule has 2 aromatic carbocycles. The van der Waals surface area contributed by atoms with Gasteiger partial charge >= 0.3 is 0 Å². The van der Waals surface area contributed by atoms with E-state index in [0.717, 1.165) is 10.0 Å². The monoisotopic (exact) mass is 325 g/mol. The Morgan fingerprint density at radius 1 is 1.11 bits per heavy atom. The van der Waals surface area contributed by atoms with Crippen LogP contribution in [0, 0.1) is 18.6 Å². The van der Waals surface area contributed by atoms with Crippen molar-refractivity contribution in [1.29, 1.82) is 0 Å². The van der Waals surface area contributed by atoms with Gasteiger partial charge in [0.15, 0.2) is 0 Å². The summed E-state index contributed by atoms with van der Waals surface area (Å²) >= 11 is 3.31. The predicted octanol–water partition coefficient (Wildman–Crippen LogP) is 4.28. The second-order valence-electron chi connectivity index (χ2n) is 4.55. The molecule has 100 valence electrons. The second-order valence-corrected chi connectivity index (χ2v) is 5.47. The van der Waals surface area contributed by atoms with E-state index in [2.05, 4.69) is 15.9 Å². The summed E-state index contributed by atoms with van der Waals surface area (Å²) in [6.45, 7) is 1.69. The van der Waals surface area contributed by atoms with Crippen LogP contribution in [0.4, 0.5) is 8.78 Å².